The Bertz CT molecular complexity index is 301. The van der Waals surface area contributed by atoms with Crippen LogP contribution < -0.4 is 5.32 Å². The summed E-state index contributed by atoms with van der Waals surface area (Å²) in [7, 11) is 4.01. The van der Waals surface area contributed by atoms with E-state index in [1.54, 1.807) is 4.90 Å². The lowest BCUT2D eigenvalue weighted by Gasteiger charge is -2.35. The number of aliphatic hydroxyl groups is 1. The van der Waals surface area contributed by atoms with Crippen molar-refractivity contribution in [3.8, 4) is 0 Å². The van der Waals surface area contributed by atoms with Crippen LogP contribution in [-0.2, 0) is 4.79 Å². The van der Waals surface area contributed by atoms with Crippen molar-refractivity contribution in [2.24, 2.45) is 0 Å². The molecule has 0 aromatic heterocycles. The summed E-state index contributed by atoms with van der Waals surface area (Å²) >= 11 is 0. The quantitative estimate of drug-likeness (QED) is 0.612. The molecule has 0 saturated carbocycles. The Kier molecular flexibility index (Phi) is 5.36. The van der Waals surface area contributed by atoms with Gasteiger partial charge in [0.25, 0.3) is 0 Å². The van der Waals surface area contributed by atoms with Crippen molar-refractivity contribution in [3.63, 3.8) is 0 Å². The van der Waals surface area contributed by atoms with Crippen LogP contribution >= 0.6 is 0 Å². The van der Waals surface area contributed by atoms with Crippen molar-refractivity contribution in [1.82, 2.24) is 15.1 Å². The Labute approximate surface area is 106 Å². The second-order valence-corrected chi connectivity index (χ2v) is 4.70. The molecule has 2 amide bonds. The van der Waals surface area contributed by atoms with Crippen molar-refractivity contribution < 1.29 is 19.8 Å². The van der Waals surface area contributed by atoms with E-state index in [0.29, 0.717) is 19.1 Å². The summed E-state index contributed by atoms with van der Waals surface area (Å²) in [6.45, 7) is 0.605. The molecule has 0 radical (unpaired) electrons. The first kappa shape index (κ1) is 14.7. The molecule has 0 spiro atoms. The number of aliphatic carboxylic acids is 1. The number of carboxylic acids is 1. The average Bonchev–Trinajstić information content (AvgIpc) is 2.35. The molecule has 1 saturated heterocycles. The highest BCUT2D eigenvalue weighted by atomic mass is 16.4. The molecule has 0 aliphatic carbocycles. The number of aliphatic hydroxyl groups excluding tert-OH is 1. The predicted octanol–water partition coefficient (Wildman–Crippen LogP) is -0.832. The van der Waals surface area contributed by atoms with Gasteiger partial charge in [-0.2, -0.15) is 0 Å². The lowest BCUT2D eigenvalue weighted by molar-refractivity contribution is -0.140. The highest BCUT2D eigenvalue weighted by Gasteiger charge is 2.26. The molecule has 1 rings (SSSR count). The Hall–Kier alpha value is -1.34. The van der Waals surface area contributed by atoms with Crippen LogP contribution in [-0.4, -0.2) is 77.9 Å². The minimum Gasteiger partial charge on any atom is -0.480 e. The van der Waals surface area contributed by atoms with Crippen LogP contribution in [0.15, 0.2) is 0 Å². The van der Waals surface area contributed by atoms with Gasteiger partial charge in [0, 0.05) is 19.1 Å². The molecule has 104 valence electrons. The van der Waals surface area contributed by atoms with E-state index >= 15 is 0 Å². The van der Waals surface area contributed by atoms with Gasteiger partial charge in [-0.1, -0.05) is 0 Å². The molecule has 18 heavy (non-hydrogen) atoms. The number of hydrogen-bond donors (Lipinski definition) is 3. The minimum atomic E-state index is -1.23. The Morgan fingerprint density at radius 2 is 1.94 bits per heavy atom. The van der Waals surface area contributed by atoms with Crippen LogP contribution in [0.5, 0.6) is 0 Å². The standard InChI is InChI=1S/C11H21N3O4/c1-13(2)8-3-5-14(6-4-8)11(18)12-9(7-15)10(16)17/h8-9,15H,3-7H2,1-2H3,(H,12,18)(H,16,17)/t9-/m0/s1. The van der Waals surface area contributed by atoms with E-state index in [0.717, 1.165) is 12.8 Å². The lowest BCUT2D eigenvalue weighted by atomic mass is 10.0. The first-order valence-electron chi connectivity index (χ1n) is 6.01. The number of carboxylic acid groups (broad SMARTS) is 1. The molecule has 7 heteroatoms. The molecular formula is C11H21N3O4. The molecule has 0 aromatic rings. The van der Waals surface area contributed by atoms with Gasteiger partial charge in [0.1, 0.15) is 0 Å². The van der Waals surface area contributed by atoms with E-state index in [-0.39, 0.29) is 0 Å². The SMILES string of the molecule is CN(C)C1CCN(C(=O)N[C@@H](CO)C(=O)O)CC1. The summed E-state index contributed by atoms with van der Waals surface area (Å²) in [5.41, 5.74) is 0. The summed E-state index contributed by atoms with van der Waals surface area (Å²) in [6.07, 6.45) is 1.74. The van der Waals surface area contributed by atoms with E-state index in [1.165, 1.54) is 0 Å². The minimum absolute atomic E-state index is 0.423. The van der Waals surface area contributed by atoms with Crippen LogP contribution in [0.3, 0.4) is 0 Å². The van der Waals surface area contributed by atoms with Crippen LogP contribution in [0.2, 0.25) is 0 Å². The molecule has 1 atom stereocenters. The number of nitrogens with zero attached hydrogens (tertiary/aromatic N) is 2. The van der Waals surface area contributed by atoms with Gasteiger partial charge in [-0.3, -0.25) is 0 Å². The third-order valence-corrected chi connectivity index (χ3v) is 3.26. The zero-order valence-corrected chi connectivity index (χ0v) is 10.8. The summed E-state index contributed by atoms with van der Waals surface area (Å²) in [6, 6.07) is -1.19. The molecule has 7 nitrogen and oxygen atoms in total. The van der Waals surface area contributed by atoms with Crippen molar-refractivity contribution in [2.45, 2.75) is 24.9 Å². The first-order chi connectivity index (χ1) is 8.45. The fourth-order valence-electron chi connectivity index (χ4n) is 2.01. The van der Waals surface area contributed by atoms with Gasteiger partial charge in [-0.05, 0) is 26.9 Å². The highest BCUT2D eigenvalue weighted by Crippen LogP contribution is 2.14. The number of hydrogen-bond acceptors (Lipinski definition) is 4. The van der Waals surface area contributed by atoms with Crippen molar-refractivity contribution in [3.05, 3.63) is 0 Å². The molecule has 0 unspecified atom stereocenters. The molecule has 0 bridgehead atoms. The van der Waals surface area contributed by atoms with Gasteiger partial charge < -0.3 is 25.3 Å². The molecule has 0 aromatic carbocycles. The van der Waals surface area contributed by atoms with Crippen LogP contribution in [0.25, 0.3) is 0 Å². The zero-order valence-electron chi connectivity index (χ0n) is 10.8. The maximum atomic E-state index is 11.8. The fourth-order valence-corrected chi connectivity index (χ4v) is 2.01. The summed E-state index contributed by atoms with van der Waals surface area (Å²) in [5.74, 6) is -1.23. The van der Waals surface area contributed by atoms with Crippen molar-refractivity contribution in [2.75, 3.05) is 33.8 Å². The number of rotatable bonds is 4. The van der Waals surface area contributed by atoms with Gasteiger partial charge in [0.15, 0.2) is 6.04 Å². The number of urea groups is 1. The van der Waals surface area contributed by atoms with E-state index in [1.807, 2.05) is 14.1 Å². The molecule has 1 fully saturated rings. The number of likely N-dealkylation sites (tertiary alicyclic amines) is 1. The Morgan fingerprint density at radius 1 is 1.39 bits per heavy atom. The van der Waals surface area contributed by atoms with Gasteiger partial charge >= 0.3 is 12.0 Å². The smallest absolute Gasteiger partial charge is 0.328 e. The zero-order chi connectivity index (χ0) is 13.7. The van der Waals surface area contributed by atoms with Crippen LogP contribution in [0.1, 0.15) is 12.8 Å². The van der Waals surface area contributed by atoms with Crippen LogP contribution in [0.4, 0.5) is 4.79 Å². The third kappa shape index (κ3) is 3.85. The maximum Gasteiger partial charge on any atom is 0.328 e. The van der Waals surface area contributed by atoms with E-state index in [2.05, 4.69) is 10.2 Å². The molecule has 1 heterocycles. The summed E-state index contributed by atoms with van der Waals surface area (Å²) in [5, 5.41) is 19.9. The number of amides is 2. The predicted molar refractivity (Wildman–Crippen MR) is 65.3 cm³/mol. The topological polar surface area (TPSA) is 93.1 Å². The summed E-state index contributed by atoms with van der Waals surface area (Å²) < 4.78 is 0. The monoisotopic (exact) mass is 259 g/mol. The number of carbonyl (C=O) groups excluding carboxylic acids is 1. The van der Waals surface area contributed by atoms with Gasteiger partial charge in [-0.15, -0.1) is 0 Å². The normalized spacial score (nSPS) is 18.8. The Morgan fingerprint density at radius 3 is 2.33 bits per heavy atom. The van der Waals surface area contributed by atoms with E-state index in [9.17, 15) is 9.59 Å². The van der Waals surface area contributed by atoms with E-state index < -0.39 is 24.6 Å². The van der Waals surface area contributed by atoms with Crippen molar-refractivity contribution in [1.29, 1.82) is 0 Å². The fraction of sp³-hybridized carbons (Fsp3) is 0.818. The van der Waals surface area contributed by atoms with Gasteiger partial charge in [0.2, 0.25) is 0 Å². The largest absolute Gasteiger partial charge is 0.480 e. The van der Waals surface area contributed by atoms with E-state index in [4.69, 9.17) is 10.2 Å². The highest BCUT2D eigenvalue weighted by molar-refractivity contribution is 5.82. The van der Waals surface area contributed by atoms with Crippen molar-refractivity contribution >= 4 is 12.0 Å². The van der Waals surface area contributed by atoms with Crippen LogP contribution in [0, 0.1) is 0 Å². The number of nitrogens with one attached hydrogen (secondary N) is 1. The number of piperidine rings is 1. The second kappa shape index (κ2) is 6.55. The molecule has 1 aliphatic rings. The molecule has 3 N–H and O–H groups in total. The second-order valence-electron chi connectivity index (χ2n) is 4.70. The van der Waals surface area contributed by atoms with Gasteiger partial charge in [-0.25, -0.2) is 9.59 Å². The lowest BCUT2D eigenvalue weighted by Crippen LogP contribution is -2.53. The third-order valence-electron chi connectivity index (χ3n) is 3.26. The average molecular weight is 259 g/mol. The van der Waals surface area contributed by atoms with Gasteiger partial charge in [0.05, 0.1) is 6.61 Å². The Balaban J connectivity index is 2.42. The first-order valence-corrected chi connectivity index (χ1v) is 6.01. The maximum absolute atomic E-state index is 11.8. The molecule has 1 aliphatic heterocycles. The molecular weight excluding hydrogens is 238 g/mol. The number of carbonyl (C=O) groups is 2. The summed E-state index contributed by atoms with van der Waals surface area (Å²) in [4.78, 5) is 26.2.